The third-order valence-corrected chi connectivity index (χ3v) is 4.84. The fourth-order valence-corrected chi connectivity index (χ4v) is 3.35. The Bertz CT molecular complexity index is 533. The summed E-state index contributed by atoms with van der Waals surface area (Å²) in [6.07, 6.45) is 5.34. The maximum absolute atomic E-state index is 13.6. The van der Waals surface area contributed by atoms with Crippen molar-refractivity contribution >= 4 is 23.7 Å². The van der Waals surface area contributed by atoms with Gasteiger partial charge in [0.05, 0.1) is 5.25 Å². The van der Waals surface area contributed by atoms with E-state index in [1.165, 1.54) is 12.5 Å². The Kier molecular flexibility index (Phi) is 6.24. The first-order valence-electron chi connectivity index (χ1n) is 7.59. The fourth-order valence-electron chi connectivity index (χ4n) is 2.47. The molecule has 6 heteroatoms. The van der Waals surface area contributed by atoms with E-state index in [-0.39, 0.29) is 11.9 Å². The number of nitrogens with one attached hydrogen (secondary N) is 2. The van der Waals surface area contributed by atoms with Gasteiger partial charge in [-0.2, -0.15) is 0 Å². The molecule has 0 bridgehead atoms. The second kappa shape index (κ2) is 8.17. The van der Waals surface area contributed by atoms with E-state index in [1.807, 2.05) is 0 Å². The SMILES string of the molecule is C[C@H](Sc1ccccc1F)C(=O)NC(=O)NC1CCCCC1. The maximum Gasteiger partial charge on any atom is 0.321 e. The van der Waals surface area contributed by atoms with E-state index < -0.39 is 17.2 Å². The van der Waals surface area contributed by atoms with E-state index in [0.29, 0.717) is 4.90 Å². The first-order valence-corrected chi connectivity index (χ1v) is 8.47. The highest BCUT2D eigenvalue weighted by Gasteiger charge is 2.21. The molecule has 0 unspecified atom stereocenters. The molecule has 0 radical (unpaired) electrons. The maximum atomic E-state index is 13.6. The van der Waals surface area contributed by atoms with Gasteiger partial charge < -0.3 is 5.32 Å². The summed E-state index contributed by atoms with van der Waals surface area (Å²) in [6.45, 7) is 1.65. The zero-order valence-electron chi connectivity index (χ0n) is 12.6. The van der Waals surface area contributed by atoms with Crippen molar-refractivity contribution in [2.75, 3.05) is 0 Å². The molecule has 1 atom stereocenters. The summed E-state index contributed by atoms with van der Waals surface area (Å²) in [7, 11) is 0. The van der Waals surface area contributed by atoms with Crippen molar-refractivity contribution in [3.8, 4) is 0 Å². The first-order chi connectivity index (χ1) is 10.6. The Labute approximate surface area is 134 Å². The molecule has 1 aliphatic carbocycles. The summed E-state index contributed by atoms with van der Waals surface area (Å²) in [5, 5.41) is 4.61. The highest BCUT2D eigenvalue weighted by molar-refractivity contribution is 8.00. The van der Waals surface area contributed by atoms with Crippen LogP contribution in [-0.4, -0.2) is 23.2 Å². The van der Waals surface area contributed by atoms with Crippen LogP contribution < -0.4 is 10.6 Å². The van der Waals surface area contributed by atoms with E-state index >= 15 is 0 Å². The normalized spacial score (nSPS) is 16.8. The number of thioether (sulfide) groups is 1. The predicted molar refractivity (Wildman–Crippen MR) is 85.3 cm³/mol. The molecule has 2 N–H and O–H groups in total. The van der Waals surface area contributed by atoms with Gasteiger partial charge in [0.25, 0.3) is 0 Å². The van der Waals surface area contributed by atoms with Crippen LogP contribution in [0.3, 0.4) is 0 Å². The van der Waals surface area contributed by atoms with Gasteiger partial charge in [-0.05, 0) is 31.9 Å². The van der Waals surface area contributed by atoms with Crippen LogP contribution in [0.5, 0.6) is 0 Å². The van der Waals surface area contributed by atoms with Gasteiger partial charge >= 0.3 is 6.03 Å². The summed E-state index contributed by atoms with van der Waals surface area (Å²) in [5.41, 5.74) is 0. The lowest BCUT2D eigenvalue weighted by molar-refractivity contribution is -0.119. The van der Waals surface area contributed by atoms with Crippen LogP contribution in [0.4, 0.5) is 9.18 Å². The van der Waals surface area contributed by atoms with Gasteiger partial charge in [0.15, 0.2) is 0 Å². The Morgan fingerprint density at radius 2 is 1.91 bits per heavy atom. The van der Waals surface area contributed by atoms with E-state index in [2.05, 4.69) is 10.6 Å². The van der Waals surface area contributed by atoms with Crippen molar-refractivity contribution in [2.24, 2.45) is 0 Å². The zero-order valence-corrected chi connectivity index (χ0v) is 13.4. The Morgan fingerprint density at radius 1 is 1.23 bits per heavy atom. The molecule has 0 saturated heterocycles. The van der Waals surface area contributed by atoms with Crippen molar-refractivity contribution in [2.45, 2.75) is 55.2 Å². The quantitative estimate of drug-likeness (QED) is 0.834. The van der Waals surface area contributed by atoms with Crippen LogP contribution in [0.1, 0.15) is 39.0 Å². The molecular formula is C16H21FN2O2S. The smallest absolute Gasteiger partial charge is 0.321 e. The average molecular weight is 324 g/mol. The zero-order chi connectivity index (χ0) is 15.9. The first kappa shape index (κ1) is 16.8. The molecule has 22 heavy (non-hydrogen) atoms. The van der Waals surface area contributed by atoms with Crippen molar-refractivity contribution in [3.05, 3.63) is 30.1 Å². The number of carbonyl (C=O) groups is 2. The number of rotatable bonds is 4. The topological polar surface area (TPSA) is 58.2 Å². The van der Waals surface area contributed by atoms with Gasteiger partial charge in [0.1, 0.15) is 5.82 Å². The van der Waals surface area contributed by atoms with Crippen LogP contribution in [0, 0.1) is 5.82 Å². The lowest BCUT2D eigenvalue weighted by Crippen LogP contribution is -2.47. The molecule has 1 aliphatic rings. The summed E-state index contributed by atoms with van der Waals surface area (Å²) in [4.78, 5) is 24.2. The molecule has 1 fully saturated rings. The molecule has 120 valence electrons. The Hall–Kier alpha value is -1.56. The number of carbonyl (C=O) groups excluding carboxylic acids is 2. The minimum Gasteiger partial charge on any atom is -0.335 e. The summed E-state index contributed by atoms with van der Waals surface area (Å²) in [6, 6.07) is 5.97. The summed E-state index contributed by atoms with van der Waals surface area (Å²) < 4.78 is 13.6. The lowest BCUT2D eigenvalue weighted by Gasteiger charge is -2.23. The molecule has 1 saturated carbocycles. The molecule has 4 nitrogen and oxygen atoms in total. The van der Waals surface area contributed by atoms with Gasteiger partial charge in [0.2, 0.25) is 5.91 Å². The molecule has 1 aromatic carbocycles. The third kappa shape index (κ3) is 5.02. The monoisotopic (exact) mass is 324 g/mol. The lowest BCUT2D eigenvalue weighted by atomic mass is 9.96. The minimum absolute atomic E-state index is 0.149. The molecule has 0 aromatic heterocycles. The number of halogens is 1. The number of imide groups is 1. The third-order valence-electron chi connectivity index (χ3n) is 3.69. The molecule has 0 aliphatic heterocycles. The highest BCUT2D eigenvalue weighted by atomic mass is 32.2. The molecule has 3 amide bonds. The average Bonchev–Trinajstić information content (AvgIpc) is 2.50. The minimum atomic E-state index is -0.547. The highest BCUT2D eigenvalue weighted by Crippen LogP contribution is 2.25. The number of benzene rings is 1. The van der Waals surface area contributed by atoms with Crippen LogP contribution in [0.25, 0.3) is 0 Å². The van der Waals surface area contributed by atoms with Crippen LogP contribution >= 0.6 is 11.8 Å². The molecule has 1 aromatic rings. The van der Waals surface area contributed by atoms with Crippen molar-refractivity contribution < 1.29 is 14.0 Å². The Balaban J connectivity index is 1.80. The second-order valence-electron chi connectivity index (χ2n) is 5.49. The summed E-state index contributed by atoms with van der Waals surface area (Å²) in [5.74, 6) is -0.777. The van der Waals surface area contributed by atoms with Gasteiger partial charge in [-0.15, -0.1) is 11.8 Å². The summed E-state index contributed by atoms with van der Waals surface area (Å²) >= 11 is 1.10. The number of hydrogen-bond donors (Lipinski definition) is 2. The van der Waals surface area contributed by atoms with Gasteiger partial charge in [-0.1, -0.05) is 31.4 Å². The predicted octanol–water partition coefficient (Wildman–Crippen LogP) is 3.46. The largest absolute Gasteiger partial charge is 0.335 e. The Morgan fingerprint density at radius 3 is 2.59 bits per heavy atom. The van der Waals surface area contributed by atoms with Crippen LogP contribution in [0.2, 0.25) is 0 Å². The second-order valence-corrected chi connectivity index (χ2v) is 6.87. The van der Waals surface area contributed by atoms with Crippen molar-refractivity contribution in [1.29, 1.82) is 0 Å². The number of urea groups is 1. The van der Waals surface area contributed by atoms with Gasteiger partial charge in [-0.25, -0.2) is 9.18 Å². The molecular weight excluding hydrogens is 303 g/mol. The van der Waals surface area contributed by atoms with E-state index in [4.69, 9.17) is 0 Å². The fraction of sp³-hybridized carbons (Fsp3) is 0.500. The van der Waals surface area contributed by atoms with Crippen molar-refractivity contribution in [1.82, 2.24) is 10.6 Å². The molecule has 0 heterocycles. The molecule has 0 spiro atoms. The van der Waals surface area contributed by atoms with Crippen LogP contribution in [-0.2, 0) is 4.79 Å². The van der Waals surface area contributed by atoms with E-state index in [1.54, 1.807) is 25.1 Å². The van der Waals surface area contributed by atoms with E-state index in [9.17, 15) is 14.0 Å². The number of amides is 3. The standard InChI is InChI=1S/C16H21FN2O2S/c1-11(22-14-10-6-5-9-13(14)17)15(20)19-16(21)18-12-7-3-2-4-8-12/h5-6,9-12H,2-4,7-8H2,1H3,(H2,18,19,20,21)/t11-/m0/s1. The van der Waals surface area contributed by atoms with Crippen molar-refractivity contribution in [3.63, 3.8) is 0 Å². The van der Waals surface area contributed by atoms with Gasteiger partial charge in [0, 0.05) is 10.9 Å². The van der Waals surface area contributed by atoms with E-state index in [0.717, 1.165) is 37.4 Å². The van der Waals surface area contributed by atoms with Gasteiger partial charge in [-0.3, -0.25) is 10.1 Å². The molecule has 2 rings (SSSR count). The van der Waals surface area contributed by atoms with Crippen LogP contribution in [0.15, 0.2) is 29.2 Å². The number of hydrogen-bond acceptors (Lipinski definition) is 3.